The molecule has 2 rings (SSSR count). The van der Waals surface area contributed by atoms with Gasteiger partial charge < -0.3 is 5.11 Å². The predicted octanol–water partition coefficient (Wildman–Crippen LogP) is 2.70. The number of aliphatic hydroxyl groups excluding tert-OH is 1. The number of pyridine rings is 1. The van der Waals surface area contributed by atoms with Crippen molar-refractivity contribution in [3.05, 3.63) is 72.1 Å². The number of rotatable bonds is 4. The van der Waals surface area contributed by atoms with Crippen molar-refractivity contribution in [1.82, 2.24) is 4.98 Å². The molecule has 0 amide bonds. The molecular weight excluding hydrogens is 210 g/mol. The smallest absolute Gasteiger partial charge is 0.0765 e. The summed E-state index contributed by atoms with van der Waals surface area (Å²) in [4.78, 5) is 4.02. The monoisotopic (exact) mass is 225 g/mol. The second kappa shape index (κ2) is 5.97. The molecule has 1 aromatic heterocycles. The fourth-order valence-corrected chi connectivity index (χ4v) is 1.61. The van der Waals surface area contributed by atoms with Gasteiger partial charge in [0.2, 0.25) is 0 Å². The molecule has 86 valence electrons. The molecule has 2 heteroatoms. The van der Waals surface area contributed by atoms with E-state index in [1.54, 1.807) is 12.4 Å². The highest BCUT2D eigenvalue weighted by Crippen LogP contribution is 2.06. The summed E-state index contributed by atoms with van der Waals surface area (Å²) in [5.74, 6) is 0. The molecule has 1 unspecified atom stereocenters. The highest BCUT2D eigenvalue weighted by Gasteiger charge is 2.00. The molecule has 2 aromatic rings. The SMILES string of the molecule is OC(C=Cc1ccccc1)Cc1cccnc1. The van der Waals surface area contributed by atoms with Crippen LogP contribution in [0, 0.1) is 0 Å². The summed E-state index contributed by atoms with van der Waals surface area (Å²) < 4.78 is 0. The summed E-state index contributed by atoms with van der Waals surface area (Å²) in [5, 5.41) is 9.85. The van der Waals surface area contributed by atoms with Crippen molar-refractivity contribution in [2.45, 2.75) is 12.5 Å². The fourth-order valence-electron chi connectivity index (χ4n) is 1.61. The average molecular weight is 225 g/mol. The van der Waals surface area contributed by atoms with Crippen LogP contribution in [0.1, 0.15) is 11.1 Å². The lowest BCUT2D eigenvalue weighted by atomic mass is 10.1. The van der Waals surface area contributed by atoms with E-state index in [4.69, 9.17) is 0 Å². The van der Waals surface area contributed by atoms with E-state index in [9.17, 15) is 5.11 Å². The third-order valence-corrected chi connectivity index (χ3v) is 2.48. The number of aliphatic hydroxyl groups is 1. The highest BCUT2D eigenvalue weighted by molar-refractivity contribution is 5.49. The van der Waals surface area contributed by atoms with E-state index in [-0.39, 0.29) is 0 Å². The minimum Gasteiger partial charge on any atom is -0.389 e. The zero-order valence-electron chi connectivity index (χ0n) is 9.53. The molecule has 0 fully saturated rings. The summed E-state index contributed by atoms with van der Waals surface area (Å²) in [5.41, 5.74) is 2.13. The molecule has 0 radical (unpaired) electrons. The Labute approximate surface area is 101 Å². The number of hydrogen-bond acceptors (Lipinski definition) is 2. The molecule has 0 spiro atoms. The van der Waals surface area contributed by atoms with E-state index in [2.05, 4.69) is 4.98 Å². The second-order valence-electron chi connectivity index (χ2n) is 3.90. The molecule has 0 saturated carbocycles. The Hall–Kier alpha value is -1.93. The molecule has 0 saturated heterocycles. The largest absolute Gasteiger partial charge is 0.389 e. The second-order valence-corrected chi connectivity index (χ2v) is 3.90. The third-order valence-electron chi connectivity index (χ3n) is 2.48. The molecule has 1 atom stereocenters. The first-order valence-corrected chi connectivity index (χ1v) is 5.65. The van der Waals surface area contributed by atoms with E-state index in [1.165, 1.54) is 0 Å². The van der Waals surface area contributed by atoms with Gasteiger partial charge in [-0.15, -0.1) is 0 Å². The normalized spacial score (nSPS) is 12.8. The van der Waals surface area contributed by atoms with Gasteiger partial charge in [0, 0.05) is 18.8 Å². The average Bonchev–Trinajstić information content (AvgIpc) is 2.39. The van der Waals surface area contributed by atoms with Crippen molar-refractivity contribution in [1.29, 1.82) is 0 Å². The van der Waals surface area contributed by atoms with Crippen molar-refractivity contribution in [3.8, 4) is 0 Å². The van der Waals surface area contributed by atoms with Crippen LogP contribution in [0.3, 0.4) is 0 Å². The highest BCUT2D eigenvalue weighted by atomic mass is 16.3. The number of aromatic nitrogens is 1. The van der Waals surface area contributed by atoms with Gasteiger partial charge in [0.25, 0.3) is 0 Å². The van der Waals surface area contributed by atoms with Crippen LogP contribution in [0.2, 0.25) is 0 Å². The molecular formula is C15H15NO. The molecule has 17 heavy (non-hydrogen) atoms. The first-order chi connectivity index (χ1) is 8.34. The Morgan fingerprint density at radius 3 is 2.65 bits per heavy atom. The number of nitrogens with zero attached hydrogens (tertiary/aromatic N) is 1. The number of benzene rings is 1. The Bertz CT molecular complexity index is 465. The topological polar surface area (TPSA) is 33.1 Å². The minimum absolute atomic E-state index is 0.473. The van der Waals surface area contributed by atoms with E-state index in [1.807, 2.05) is 54.6 Å². The van der Waals surface area contributed by atoms with Crippen LogP contribution in [0.25, 0.3) is 6.08 Å². The van der Waals surface area contributed by atoms with Crippen molar-refractivity contribution in [2.75, 3.05) is 0 Å². The lowest BCUT2D eigenvalue weighted by Crippen LogP contribution is -2.06. The predicted molar refractivity (Wildman–Crippen MR) is 69.4 cm³/mol. The summed E-state index contributed by atoms with van der Waals surface area (Å²) >= 11 is 0. The van der Waals surface area contributed by atoms with Crippen LogP contribution >= 0.6 is 0 Å². The Morgan fingerprint density at radius 1 is 1.12 bits per heavy atom. The van der Waals surface area contributed by atoms with Gasteiger partial charge in [0.1, 0.15) is 0 Å². The third kappa shape index (κ3) is 3.85. The summed E-state index contributed by atoms with van der Waals surface area (Å²) in [6.45, 7) is 0. The Morgan fingerprint density at radius 2 is 1.94 bits per heavy atom. The van der Waals surface area contributed by atoms with Crippen molar-refractivity contribution < 1.29 is 5.11 Å². The van der Waals surface area contributed by atoms with Crippen LogP contribution in [0.15, 0.2) is 60.9 Å². The van der Waals surface area contributed by atoms with Gasteiger partial charge >= 0.3 is 0 Å². The first kappa shape index (κ1) is 11.6. The summed E-state index contributed by atoms with van der Waals surface area (Å²) in [7, 11) is 0. The van der Waals surface area contributed by atoms with Crippen molar-refractivity contribution >= 4 is 6.08 Å². The molecule has 0 aliphatic carbocycles. The number of hydrogen-bond donors (Lipinski definition) is 1. The summed E-state index contributed by atoms with van der Waals surface area (Å²) in [6.07, 6.45) is 7.37. The van der Waals surface area contributed by atoms with Gasteiger partial charge in [-0.05, 0) is 17.2 Å². The van der Waals surface area contributed by atoms with Crippen LogP contribution in [0.5, 0.6) is 0 Å². The van der Waals surface area contributed by atoms with Crippen LogP contribution in [0.4, 0.5) is 0 Å². The Balaban J connectivity index is 1.94. The molecule has 1 N–H and O–H groups in total. The molecule has 0 aliphatic rings. The van der Waals surface area contributed by atoms with Gasteiger partial charge in [0.05, 0.1) is 6.10 Å². The minimum atomic E-state index is -0.473. The van der Waals surface area contributed by atoms with E-state index < -0.39 is 6.10 Å². The molecule has 1 aromatic carbocycles. The van der Waals surface area contributed by atoms with Crippen LogP contribution < -0.4 is 0 Å². The first-order valence-electron chi connectivity index (χ1n) is 5.65. The van der Waals surface area contributed by atoms with E-state index in [0.717, 1.165) is 11.1 Å². The zero-order valence-corrected chi connectivity index (χ0v) is 9.53. The van der Waals surface area contributed by atoms with Crippen LogP contribution in [-0.4, -0.2) is 16.2 Å². The van der Waals surface area contributed by atoms with Crippen molar-refractivity contribution in [3.63, 3.8) is 0 Å². The van der Waals surface area contributed by atoms with Gasteiger partial charge in [-0.3, -0.25) is 4.98 Å². The zero-order chi connectivity index (χ0) is 11.9. The van der Waals surface area contributed by atoms with Gasteiger partial charge in [-0.25, -0.2) is 0 Å². The quantitative estimate of drug-likeness (QED) is 0.867. The maximum absolute atomic E-state index is 9.85. The molecule has 0 bridgehead atoms. The van der Waals surface area contributed by atoms with Crippen LogP contribution in [-0.2, 0) is 6.42 Å². The lowest BCUT2D eigenvalue weighted by molar-refractivity contribution is 0.224. The molecule has 1 heterocycles. The standard InChI is InChI=1S/C15H15NO/c17-15(11-14-7-4-10-16-12-14)9-8-13-5-2-1-3-6-13/h1-10,12,15,17H,11H2. The maximum atomic E-state index is 9.85. The maximum Gasteiger partial charge on any atom is 0.0765 e. The summed E-state index contributed by atoms with van der Waals surface area (Å²) in [6, 6.07) is 13.8. The van der Waals surface area contributed by atoms with E-state index in [0.29, 0.717) is 6.42 Å². The van der Waals surface area contributed by atoms with E-state index >= 15 is 0 Å². The molecule has 2 nitrogen and oxygen atoms in total. The van der Waals surface area contributed by atoms with Gasteiger partial charge in [-0.1, -0.05) is 48.6 Å². The molecule has 0 aliphatic heterocycles. The lowest BCUT2D eigenvalue weighted by Gasteiger charge is -2.04. The van der Waals surface area contributed by atoms with Gasteiger partial charge in [-0.2, -0.15) is 0 Å². The van der Waals surface area contributed by atoms with Gasteiger partial charge in [0.15, 0.2) is 0 Å². The van der Waals surface area contributed by atoms with Crippen molar-refractivity contribution in [2.24, 2.45) is 0 Å². The Kier molecular flexibility index (Phi) is 4.05. The fraction of sp³-hybridized carbons (Fsp3) is 0.133.